The number of benzene rings is 2. The highest BCUT2D eigenvalue weighted by Gasteiger charge is 2.15. The van der Waals surface area contributed by atoms with Crippen molar-refractivity contribution in [3.63, 3.8) is 0 Å². The van der Waals surface area contributed by atoms with Gasteiger partial charge in [0.15, 0.2) is 5.69 Å². The summed E-state index contributed by atoms with van der Waals surface area (Å²) in [6.45, 7) is 3.95. The molecule has 108 valence electrons. The molecule has 0 bridgehead atoms. The number of aromatic nitrogens is 3. The van der Waals surface area contributed by atoms with Gasteiger partial charge in [-0.1, -0.05) is 46.7 Å². The minimum Gasteiger partial charge on any atom is -0.401 e. The number of aryl methyl sites for hydroxylation is 2. The summed E-state index contributed by atoms with van der Waals surface area (Å²) in [5, 5.41) is 8.85. The minimum absolute atomic E-state index is 0.366. The minimum atomic E-state index is -0.373. The van der Waals surface area contributed by atoms with Crippen LogP contribution in [0.1, 0.15) is 11.1 Å². The Bertz CT molecular complexity index is 1060. The van der Waals surface area contributed by atoms with E-state index in [0.29, 0.717) is 22.3 Å². The molecule has 0 fully saturated rings. The third-order valence-corrected chi connectivity index (χ3v) is 3.74. The van der Waals surface area contributed by atoms with Crippen LogP contribution in [0.25, 0.3) is 27.9 Å². The van der Waals surface area contributed by atoms with Gasteiger partial charge in [0, 0.05) is 5.56 Å². The lowest BCUT2D eigenvalue weighted by atomic mass is 10.1. The van der Waals surface area contributed by atoms with Crippen molar-refractivity contribution < 1.29 is 4.42 Å². The van der Waals surface area contributed by atoms with Crippen molar-refractivity contribution >= 4 is 16.6 Å². The van der Waals surface area contributed by atoms with E-state index >= 15 is 0 Å². The van der Waals surface area contributed by atoms with E-state index in [1.54, 1.807) is 10.6 Å². The SMILES string of the molecule is Cc1ccc(-c2nnn3c2oc(=O)c2cc(C)ccc23)cc1. The van der Waals surface area contributed by atoms with E-state index in [9.17, 15) is 4.79 Å². The Balaban J connectivity index is 2.07. The molecular formula is C17H13N3O2. The average Bonchev–Trinajstić information content (AvgIpc) is 2.92. The summed E-state index contributed by atoms with van der Waals surface area (Å²) in [6, 6.07) is 13.5. The van der Waals surface area contributed by atoms with Crippen LogP contribution < -0.4 is 5.63 Å². The Hall–Kier alpha value is -2.95. The van der Waals surface area contributed by atoms with Crippen LogP contribution in [-0.4, -0.2) is 14.8 Å². The highest BCUT2D eigenvalue weighted by Crippen LogP contribution is 2.24. The second-order valence-corrected chi connectivity index (χ2v) is 5.43. The molecule has 0 atom stereocenters. The van der Waals surface area contributed by atoms with Crippen molar-refractivity contribution in [1.82, 2.24) is 14.8 Å². The number of hydrogen-bond donors (Lipinski definition) is 0. The van der Waals surface area contributed by atoms with Crippen molar-refractivity contribution in [3.8, 4) is 11.3 Å². The van der Waals surface area contributed by atoms with Crippen LogP contribution in [0.15, 0.2) is 51.7 Å². The summed E-state index contributed by atoms with van der Waals surface area (Å²) in [5.74, 6) is 0. The lowest BCUT2D eigenvalue weighted by Gasteiger charge is -2.01. The molecule has 0 unspecified atom stereocenters. The van der Waals surface area contributed by atoms with Crippen LogP contribution in [0, 0.1) is 13.8 Å². The van der Waals surface area contributed by atoms with Crippen LogP contribution in [0.4, 0.5) is 0 Å². The zero-order valence-electron chi connectivity index (χ0n) is 12.2. The van der Waals surface area contributed by atoms with Crippen molar-refractivity contribution in [2.45, 2.75) is 13.8 Å². The molecule has 0 radical (unpaired) electrons. The quantitative estimate of drug-likeness (QED) is 0.540. The summed E-state index contributed by atoms with van der Waals surface area (Å²) < 4.78 is 7.04. The Labute approximate surface area is 125 Å². The summed E-state index contributed by atoms with van der Waals surface area (Å²) in [6.07, 6.45) is 0. The van der Waals surface area contributed by atoms with Crippen LogP contribution in [0.2, 0.25) is 0 Å². The molecule has 2 aromatic carbocycles. The van der Waals surface area contributed by atoms with Crippen molar-refractivity contribution in [2.75, 3.05) is 0 Å². The molecule has 0 spiro atoms. The molecule has 4 rings (SSSR count). The molecule has 0 saturated heterocycles. The fourth-order valence-electron chi connectivity index (χ4n) is 2.56. The van der Waals surface area contributed by atoms with Gasteiger partial charge in [-0.3, -0.25) is 0 Å². The zero-order valence-corrected chi connectivity index (χ0v) is 12.2. The fourth-order valence-corrected chi connectivity index (χ4v) is 2.56. The molecule has 22 heavy (non-hydrogen) atoms. The molecule has 0 aliphatic carbocycles. The van der Waals surface area contributed by atoms with Gasteiger partial charge in [-0.2, -0.15) is 4.52 Å². The Morgan fingerprint density at radius 2 is 1.73 bits per heavy atom. The van der Waals surface area contributed by atoms with E-state index in [-0.39, 0.29) is 5.63 Å². The maximum Gasteiger partial charge on any atom is 0.347 e. The predicted molar refractivity (Wildman–Crippen MR) is 83.9 cm³/mol. The number of rotatable bonds is 1. The Kier molecular flexibility index (Phi) is 2.63. The third kappa shape index (κ3) is 1.83. The Morgan fingerprint density at radius 1 is 1.00 bits per heavy atom. The number of nitrogens with zero attached hydrogens (tertiary/aromatic N) is 3. The molecule has 0 amide bonds. The first-order chi connectivity index (χ1) is 10.6. The van der Waals surface area contributed by atoms with Crippen molar-refractivity contribution in [3.05, 3.63) is 64.0 Å². The second kappa shape index (κ2) is 4.53. The van der Waals surface area contributed by atoms with Gasteiger partial charge < -0.3 is 4.42 Å². The maximum atomic E-state index is 12.2. The predicted octanol–water partition coefficient (Wildman–Crippen LogP) is 3.12. The van der Waals surface area contributed by atoms with Gasteiger partial charge in [0.2, 0.25) is 0 Å². The first kappa shape index (κ1) is 12.8. The zero-order chi connectivity index (χ0) is 15.3. The second-order valence-electron chi connectivity index (χ2n) is 5.43. The lowest BCUT2D eigenvalue weighted by Crippen LogP contribution is -2.04. The summed E-state index contributed by atoms with van der Waals surface area (Å²) in [4.78, 5) is 12.2. The molecule has 0 N–H and O–H groups in total. The van der Waals surface area contributed by atoms with Crippen molar-refractivity contribution in [1.29, 1.82) is 0 Å². The first-order valence-electron chi connectivity index (χ1n) is 6.99. The first-order valence-corrected chi connectivity index (χ1v) is 6.99. The smallest absolute Gasteiger partial charge is 0.347 e. The van der Waals surface area contributed by atoms with E-state index < -0.39 is 0 Å². The summed E-state index contributed by atoms with van der Waals surface area (Å²) >= 11 is 0. The summed E-state index contributed by atoms with van der Waals surface area (Å²) in [5.41, 5.74) is 4.28. The average molecular weight is 291 g/mol. The molecule has 5 nitrogen and oxygen atoms in total. The van der Waals surface area contributed by atoms with E-state index in [1.807, 2.05) is 50.2 Å². The normalized spacial score (nSPS) is 11.4. The molecule has 2 heterocycles. The van der Waals surface area contributed by atoms with E-state index in [0.717, 1.165) is 16.7 Å². The molecular weight excluding hydrogens is 278 g/mol. The van der Waals surface area contributed by atoms with Gasteiger partial charge in [0.25, 0.3) is 5.71 Å². The standard InChI is InChI=1S/C17H13N3O2/c1-10-3-6-12(7-4-10)15-16-20(19-18-15)14-8-5-11(2)9-13(14)17(21)22-16/h3-9H,1-2H3. The molecule has 5 heteroatoms. The van der Waals surface area contributed by atoms with E-state index in [2.05, 4.69) is 10.3 Å². The van der Waals surface area contributed by atoms with Gasteiger partial charge in [-0.15, -0.1) is 5.10 Å². The van der Waals surface area contributed by atoms with Gasteiger partial charge in [0.1, 0.15) is 0 Å². The van der Waals surface area contributed by atoms with Crippen molar-refractivity contribution in [2.24, 2.45) is 0 Å². The molecule has 0 saturated carbocycles. The van der Waals surface area contributed by atoms with Gasteiger partial charge in [0.05, 0.1) is 10.9 Å². The molecule has 2 aromatic heterocycles. The lowest BCUT2D eigenvalue weighted by molar-refractivity contribution is 0.543. The topological polar surface area (TPSA) is 60.4 Å². The van der Waals surface area contributed by atoms with Crippen LogP contribution in [0.3, 0.4) is 0 Å². The summed E-state index contributed by atoms with van der Waals surface area (Å²) in [7, 11) is 0. The highest BCUT2D eigenvalue weighted by molar-refractivity contribution is 5.83. The van der Waals surface area contributed by atoms with Gasteiger partial charge in [-0.25, -0.2) is 4.79 Å². The van der Waals surface area contributed by atoms with Crippen LogP contribution in [0.5, 0.6) is 0 Å². The van der Waals surface area contributed by atoms with Crippen LogP contribution in [-0.2, 0) is 0 Å². The fraction of sp³-hybridized carbons (Fsp3) is 0.118. The van der Waals surface area contributed by atoms with Gasteiger partial charge in [-0.05, 0) is 26.0 Å². The van der Waals surface area contributed by atoms with E-state index in [1.165, 1.54) is 0 Å². The number of fused-ring (bicyclic) bond motifs is 3. The monoisotopic (exact) mass is 291 g/mol. The molecule has 0 aliphatic rings. The molecule has 0 aliphatic heterocycles. The molecule has 4 aromatic rings. The third-order valence-electron chi connectivity index (χ3n) is 3.74. The highest BCUT2D eigenvalue weighted by atomic mass is 16.4. The largest absolute Gasteiger partial charge is 0.401 e. The van der Waals surface area contributed by atoms with Gasteiger partial charge >= 0.3 is 5.63 Å². The maximum absolute atomic E-state index is 12.2. The number of hydrogen-bond acceptors (Lipinski definition) is 4. The Morgan fingerprint density at radius 3 is 2.50 bits per heavy atom. The van der Waals surface area contributed by atoms with E-state index in [4.69, 9.17) is 4.42 Å². The van der Waals surface area contributed by atoms with Crippen LogP contribution >= 0.6 is 0 Å².